The molecule has 1 fully saturated rings. The Bertz CT molecular complexity index is 570. The Hall–Kier alpha value is -1.88. The molecule has 1 atom stereocenters. The van der Waals surface area contributed by atoms with Crippen LogP contribution in [0.4, 0.5) is 0 Å². The molecule has 1 aromatic carbocycles. The second-order valence-electron chi connectivity index (χ2n) is 6.18. The summed E-state index contributed by atoms with van der Waals surface area (Å²) in [6.45, 7) is 4.91. The number of hydrogen-bond acceptors (Lipinski definition) is 3. The largest absolute Gasteiger partial charge is 0.481 e. The van der Waals surface area contributed by atoms with Crippen molar-refractivity contribution in [2.45, 2.75) is 26.9 Å². The van der Waals surface area contributed by atoms with Crippen molar-refractivity contribution >= 4 is 11.9 Å². The minimum absolute atomic E-state index is 0.0166. The van der Waals surface area contributed by atoms with Crippen LogP contribution in [0.2, 0.25) is 0 Å². The molecule has 1 heterocycles. The summed E-state index contributed by atoms with van der Waals surface area (Å²) in [5, 5.41) is 9.59. The number of carboxylic acids is 1. The first-order valence-corrected chi connectivity index (χ1v) is 7.52. The van der Waals surface area contributed by atoms with Gasteiger partial charge in [0.2, 0.25) is 0 Å². The molecule has 0 saturated carbocycles. The Morgan fingerprint density at radius 2 is 2.05 bits per heavy atom. The van der Waals surface area contributed by atoms with Gasteiger partial charge in [0.05, 0.1) is 12.0 Å². The predicted octanol–water partition coefficient (Wildman–Crippen LogP) is 2.41. The van der Waals surface area contributed by atoms with Gasteiger partial charge in [-0.05, 0) is 24.0 Å². The Kier molecular flexibility index (Phi) is 4.86. The van der Waals surface area contributed by atoms with E-state index in [0.717, 1.165) is 5.56 Å². The standard InChI is InChI=1S/C17H23NO4/c1-12(2)17(16(20)21)8-9-18(11-17)15(19)14-7-5-4-6-13(14)10-22-3/h4-7,12H,8-11H2,1-3H3,(H,20,21). The lowest BCUT2D eigenvalue weighted by molar-refractivity contribution is -0.150. The van der Waals surface area contributed by atoms with Gasteiger partial charge in [0.25, 0.3) is 5.91 Å². The highest BCUT2D eigenvalue weighted by Crippen LogP contribution is 2.38. The summed E-state index contributed by atoms with van der Waals surface area (Å²) in [5.74, 6) is -0.948. The van der Waals surface area contributed by atoms with Gasteiger partial charge in [-0.15, -0.1) is 0 Å². The first-order valence-electron chi connectivity index (χ1n) is 7.52. The lowest BCUT2D eigenvalue weighted by atomic mass is 9.76. The molecule has 1 N–H and O–H groups in total. The number of likely N-dealkylation sites (tertiary alicyclic amines) is 1. The molecule has 5 nitrogen and oxygen atoms in total. The summed E-state index contributed by atoms with van der Waals surface area (Å²) < 4.78 is 5.13. The van der Waals surface area contributed by atoms with Crippen LogP contribution >= 0.6 is 0 Å². The summed E-state index contributed by atoms with van der Waals surface area (Å²) in [6.07, 6.45) is 0.498. The summed E-state index contributed by atoms with van der Waals surface area (Å²) in [5.41, 5.74) is 0.577. The highest BCUT2D eigenvalue weighted by atomic mass is 16.5. The highest BCUT2D eigenvalue weighted by Gasteiger charge is 2.48. The maximum atomic E-state index is 12.8. The monoisotopic (exact) mass is 305 g/mol. The molecule has 0 bridgehead atoms. The zero-order valence-electron chi connectivity index (χ0n) is 13.3. The van der Waals surface area contributed by atoms with E-state index in [-0.39, 0.29) is 18.4 Å². The molecule has 0 aromatic heterocycles. The molecule has 0 spiro atoms. The second-order valence-corrected chi connectivity index (χ2v) is 6.18. The number of hydrogen-bond donors (Lipinski definition) is 1. The SMILES string of the molecule is COCc1ccccc1C(=O)N1CCC(C(=O)O)(C(C)C)C1. The summed E-state index contributed by atoms with van der Waals surface area (Å²) in [4.78, 5) is 26.1. The summed E-state index contributed by atoms with van der Waals surface area (Å²) in [6, 6.07) is 7.31. The Labute approximate surface area is 130 Å². The lowest BCUT2D eigenvalue weighted by Gasteiger charge is -2.28. The van der Waals surface area contributed by atoms with E-state index < -0.39 is 11.4 Å². The van der Waals surface area contributed by atoms with Crippen LogP contribution in [0, 0.1) is 11.3 Å². The number of carboxylic acid groups (broad SMARTS) is 1. The van der Waals surface area contributed by atoms with Gasteiger partial charge in [0, 0.05) is 25.8 Å². The van der Waals surface area contributed by atoms with Crippen LogP contribution in [-0.2, 0) is 16.1 Å². The molecule has 5 heteroatoms. The van der Waals surface area contributed by atoms with E-state index in [1.165, 1.54) is 0 Å². The molecule has 1 unspecified atom stereocenters. The molecule has 120 valence electrons. The van der Waals surface area contributed by atoms with Crippen molar-refractivity contribution in [3.8, 4) is 0 Å². The zero-order chi connectivity index (χ0) is 16.3. The number of methoxy groups -OCH3 is 1. The van der Waals surface area contributed by atoms with Crippen LogP contribution in [0.25, 0.3) is 0 Å². The van der Waals surface area contributed by atoms with Crippen LogP contribution in [-0.4, -0.2) is 42.1 Å². The number of carbonyl (C=O) groups is 2. The van der Waals surface area contributed by atoms with Gasteiger partial charge in [-0.1, -0.05) is 32.0 Å². The van der Waals surface area contributed by atoms with Crippen LogP contribution in [0.15, 0.2) is 24.3 Å². The van der Waals surface area contributed by atoms with Crippen LogP contribution < -0.4 is 0 Å². The molecule has 1 aromatic rings. The van der Waals surface area contributed by atoms with Gasteiger partial charge < -0.3 is 14.7 Å². The van der Waals surface area contributed by atoms with Crippen LogP contribution in [0.5, 0.6) is 0 Å². The number of carbonyl (C=O) groups excluding carboxylic acids is 1. The minimum atomic E-state index is -0.841. The quantitative estimate of drug-likeness (QED) is 0.907. The van der Waals surface area contributed by atoms with E-state index in [2.05, 4.69) is 0 Å². The van der Waals surface area contributed by atoms with E-state index >= 15 is 0 Å². The number of nitrogens with zero attached hydrogens (tertiary/aromatic N) is 1. The molecule has 22 heavy (non-hydrogen) atoms. The van der Waals surface area contributed by atoms with E-state index in [4.69, 9.17) is 4.74 Å². The van der Waals surface area contributed by atoms with Gasteiger partial charge in [0.1, 0.15) is 0 Å². The van der Waals surface area contributed by atoms with Crippen molar-refractivity contribution in [2.75, 3.05) is 20.2 Å². The van der Waals surface area contributed by atoms with Crippen molar-refractivity contribution in [1.82, 2.24) is 4.90 Å². The maximum Gasteiger partial charge on any atom is 0.311 e. The fraction of sp³-hybridized carbons (Fsp3) is 0.529. The number of benzene rings is 1. The van der Waals surface area contributed by atoms with Crippen LogP contribution in [0.1, 0.15) is 36.2 Å². The predicted molar refractivity (Wildman–Crippen MR) is 82.6 cm³/mol. The van der Waals surface area contributed by atoms with E-state index in [1.807, 2.05) is 32.0 Å². The summed E-state index contributed by atoms with van der Waals surface area (Å²) >= 11 is 0. The van der Waals surface area contributed by atoms with E-state index in [0.29, 0.717) is 25.1 Å². The first kappa shape index (κ1) is 16.5. The molecule has 2 rings (SSSR count). The van der Waals surface area contributed by atoms with Gasteiger partial charge in [-0.3, -0.25) is 9.59 Å². The topological polar surface area (TPSA) is 66.8 Å². The lowest BCUT2D eigenvalue weighted by Crippen LogP contribution is -2.40. The molecule has 1 aliphatic heterocycles. The average molecular weight is 305 g/mol. The maximum absolute atomic E-state index is 12.8. The third-order valence-corrected chi connectivity index (χ3v) is 4.67. The molecular formula is C17H23NO4. The number of amides is 1. The van der Waals surface area contributed by atoms with Crippen molar-refractivity contribution in [3.05, 3.63) is 35.4 Å². The van der Waals surface area contributed by atoms with Crippen molar-refractivity contribution < 1.29 is 19.4 Å². The van der Waals surface area contributed by atoms with Gasteiger partial charge in [-0.25, -0.2) is 0 Å². The van der Waals surface area contributed by atoms with Gasteiger partial charge in [0.15, 0.2) is 0 Å². The van der Waals surface area contributed by atoms with Gasteiger partial charge >= 0.3 is 5.97 Å². The molecule has 1 saturated heterocycles. The fourth-order valence-electron chi connectivity index (χ4n) is 3.08. The second kappa shape index (κ2) is 6.48. The first-order chi connectivity index (χ1) is 10.4. The van der Waals surface area contributed by atoms with E-state index in [9.17, 15) is 14.7 Å². The smallest absolute Gasteiger partial charge is 0.311 e. The Morgan fingerprint density at radius 1 is 1.36 bits per heavy atom. The van der Waals surface area contributed by atoms with Gasteiger partial charge in [-0.2, -0.15) is 0 Å². The molecule has 0 radical (unpaired) electrons. The molecular weight excluding hydrogens is 282 g/mol. The normalized spacial score (nSPS) is 21.4. The summed E-state index contributed by atoms with van der Waals surface area (Å²) in [7, 11) is 1.59. The number of rotatable bonds is 5. The average Bonchev–Trinajstić information content (AvgIpc) is 2.94. The molecule has 0 aliphatic carbocycles. The van der Waals surface area contributed by atoms with Crippen molar-refractivity contribution in [1.29, 1.82) is 0 Å². The van der Waals surface area contributed by atoms with Crippen LogP contribution in [0.3, 0.4) is 0 Å². The third-order valence-electron chi connectivity index (χ3n) is 4.67. The fourth-order valence-corrected chi connectivity index (χ4v) is 3.08. The number of aliphatic carboxylic acids is 1. The number of ether oxygens (including phenoxy) is 1. The van der Waals surface area contributed by atoms with Crippen molar-refractivity contribution in [2.24, 2.45) is 11.3 Å². The molecule has 1 amide bonds. The Balaban J connectivity index is 2.24. The van der Waals surface area contributed by atoms with Crippen molar-refractivity contribution in [3.63, 3.8) is 0 Å². The van der Waals surface area contributed by atoms with E-state index in [1.54, 1.807) is 18.1 Å². The minimum Gasteiger partial charge on any atom is -0.481 e. The zero-order valence-corrected chi connectivity index (χ0v) is 13.3. The molecule has 1 aliphatic rings. The Morgan fingerprint density at radius 3 is 2.59 bits per heavy atom. The third kappa shape index (κ3) is 2.86. The highest BCUT2D eigenvalue weighted by molar-refractivity contribution is 5.96.